The molecule has 180 valence electrons. The lowest BCUT2D eigenvalue weighted by Gasteiger charge is -2.18. The van der Waals surface area contributed by atoms with E-state index in [-0.39, 0.29) is 22.8 Å². The van der Waals surface area contributed by atoms with Crippen molar-refractivity contribution in [2.24, 2.45) is 4.99 Å². The maximum atomic E-state index is 12.7. The highest BCUT2D eigenvalue weighted by Crippen LogP contribution is 2.31. The van der Waals surface area contributed by atoms with Crippen LogP contribution in [0.5, 0.6) is 5.75 Å². The van der Waals surface area contributed by atoms with Crippen molar-refractivity contribution in [2.45, 2.75) is 60.5 Å². The number of rotatable bonds is 10. The fourth-order valence-corrected chi connectivity index (χ4v) is 2.70. The fourth-order valence-electron chi connectivity index (χ4n) is 2.70. The molecule has 10 heteroatoms. The van der Waals surface area contributed by atoms with Gasteiger partial charge in [0.1, 0.15) is 23.4 Å². The Morgan fingerprint density at radius 1 is 1.21 bits per heavy atom. The summed E-state index contributed by atoms with van der Waals surface area (Å²) in [6.07, 6.45) is 1.01. The largest absolute Gasteiger partial charge is 0.497 e. The first-order valence-corrected chi connectivity index (χ1v) is 10.6. The number of nitrogens with zero attached hydrogens (tertiary/aromatic N) is 2. The van der Waals surface area contributed by atoms with E-state index >= 15 is 0 Å². The van der Waals surface area contributed by atoms with Gasteiger partial charge in [0.05, 0.1) is 17.6 Å². The average molecular weight is 461 g/mol. The van der Waals surface area contributed by atoms with Crippen molar-refractivity contribution in [1.82, 2.24) is 10.6 Å². The molecule has 2 N–H and O–H groups in total. The van der Waals surface area contributed by atoms with E-state index in [1.807, 2.05) is 13.8 Å². The van der Waals surface area contributed by atoms with E-state index in [1.54, 1.807) is 27.0 Å². The smallest absolute Gasteiger partial charge is 0.413 e. The Morgan fingerprint density at radius 3 is 2.39 bits per heavy atom. The predicted molar refractivity (Wildman–Crippen MR) is 126 cm³/mol. The Kier molecular flexibility index (Phi) is 10.8. The zero-order valence-corrected chi connectivity index (χ0v) is 20.1. The van der Waals surface area contributed by atoms with E-state index in [2.05, 4.69) is 15.6 Å². The van der Waals surface area contributed by atoms with E-state index in [0.717, 1.165) is 0 Å². The Labute approximate surface area is 193 Å². The van der Waals surface area contributed by atoms with Crippen molar-refractivity contribution >= 4 is 23.9 Å². The molecule has 0 saturated carbocycles. The third-order valence-corrected chi connectivity index (χ3v) is 4.67. The van der Waals surface area contributed by atoms with Crippen molar-refractivity contribution in [3.8, 4) is 5.75 Å². The first-order chi connectivity index (χ1) is 15.5. The standard InChI is InChI=1S/C23H32N4O6/c1-8-12-24-20(14(3)4)22(28)25-21(15(5)9-2)26-23(29)33-16(6)18-13-17(32-7)10-11-19(18)27(30)31/h10-13,16H,8-9H2,1-7H3,(H,25,28)(H,26,29). The van der Waals surface area contributed by atoms with Gasteiger partial charge in [0.15, 0.2) is 0 Å². The lowest BCUT2D eigenvalue weighted by atomic mass is 10.1. The van der Waals surface area contributed by atoms with E-state index in [4.69, 9.17) is 9.47 Å². The second kappa shape index (κ2) is 13.0. The number of methoxy groups -OCH3 is 1. The number of carbonyl (C=O) groups is 2. The molecule has 1 aromatic rings. The molecule has 0 aliphatic carbocycles. The van der Waals surface area contributed by atoms with Crippen molar-refractivity contribution in [1.29, 1.82) is 0 Å². The molecule has 33 heavy (non-hydrogen) atoms. The van der Waals surface area contributed by atoms with Gasteiger partial charge < -0.3 is 14.8 Å². The van der Waals surface area contributed by atoms with Crippen LogP contribution in [-0.2, 0) is 9.53 Å². The molecule has 0 saturated heterocycles. The first-order valence-electron chi connectivity index (χ1n) is 10.6. The molecular formula is C23H32N4O6. The Morgan fingerprint density at radius 2 is 1.88 bits per heavy atom. The van der Waals surface area contributed by atoms with Crippen molar-refractivity contribution in [2.75, 3.05) is 7.11 Å². The van der Waals surface area contributed by atoms with Crippen LogP contribution < -0.4 is 15.4 Å². The summed E-state index contributed by atoms with van der Waals surface area (Å²) in [6.45, 7) is 10.6. The zero-order valence-electron chi connectivity index (χ0n) is 20.1. The van der Waals surface area contributed by atoms with Gasteiger partial charge in [-0.15, -0.1) is 0 Å². The molecule has 0 radical (unpaired) electrons. The third-order valence-electron chi connectivity index (χ3n) is 4.67. The van der Waals surface area contributed by atoms with E-state index in [0.29, 0.717) is 29.7 Å². The van der Waals surface area contributed by atoms with Crippen LogP contribution in [0.4, 0.5) is 10.5 Å². The number of nitro groups is 1. The number of aliphatic imine (C=N–C) groups is 1. The second-order valence-corrected chi connectivity index (χ2v) is 7.39. The summed E-state index contributed by atoms with van der Waals surface area (Å²) < 4.78 is 10.5. The maximum Gasteiger partial charge on any atom is 0.413 e. The van der Waals surface area contributed by atoms with Crippen molar-refractivity contribution in [3.05, 3.63) is 56.5 Å². The van der Waals surface area contributed by atoms with Crippen LogP contribution in [0, 0.1) is 10.1 Å². The number of alkyl carbamates (subject to hydrolysis) is 1. The molecule has 0 aliphatic heterocycles. The zero-order chi connectivity index (χ0) is 25.1. The van der Waals surface area contributed by atoms with Crippen LogP contribution in [0.1, 0.15) is 66.1 Å². The topological polar surface area (TPSA) is 132 Å². The van der Waals surface area contributed by atoms with Crippen LogP contribution in [0.2, 0.25) is 0 Å². The van der Waals surface area contributed by atoms with E-state index in [1.165, 1.54) is 32.2 Å². The maximum absolute atomic E-state index is 12.7. The molecule has 1 rings (SSSR count). The second-order valence-electron chi connectivity index (χ2n) is 7.39. The van der Waals surface area contributed by atoms with Crippen LogP contribution in [0.25, 0.3) is 0 Å². The first kappa shape index (κ1) is 27.3. The lowest BCUT2D eigenvalue weighted by Crippen LogP contribution is -2.37. The molecule has 1 atom stereocenters. The summed E-state index contributed by atoms with van der Waals surface area (Å²) in [7, 11) is 1.43. The molecule has 0 aromatic heterocycles. The van der Waals surface area contributed by atoms with Crippen molar-refractivity contribution in [3.63, 3.8) is 0 Å². The monoisotopic (exact) mass is 460 g/mol. The number of benzene rings is 1. The summed E-state index contributed by atoms with van der Waals surface area (Å²) in [6, 6.07) is 4.19. The predicted octanol–water partition coefficient (Wildman–Crippen LogP) is 4.92. The summed E-state index contributed by atoms with van der Waals surface area (Å²) in [5, 5.41) is 16.6. The summed E-state index contributed by atoms with van der Waals surface area (Å²) >= 11 is 0. The molecule has 0 heterocycles. The SMILES string of the molecule is CCC=NC(C(=O)NC(NC(=O)OC(C)c1cc(OC)ccc1[N+](=O)[O-])=C(C)CC)=C(C)C. The third kappa shape index (κ3) is 8.06. The average Bonchev–Trinajstić information content (AvgIpc) is 2.77. The molecule has 1 aromatic carbocycles. The molecular weight excluding hydrogens is 428 g/mol. The summed E-state index contributed by atoms with van der Waals surface area (Å²) in [4.78, 5) is 40.3. The number of carbonyl (C=O) groups excluding carboxylic acids is 2. The fraction of sp³-hybridized carbons (Fsp3) is 0.435. The minimum Gasteiger partial charge on any atom is -0.497 e. The number of hydrogen-bond acceptors (Lipinski definition) is 7. The number of ether oxygens (including phenoxy) is 2. The molecule has 0 spiro atoms. The molecule has 0 aliphatic rings. The van der Waals surface area contributed by atoms with E-state index < -0.39 is 23.0 Å². The normalized spacial score (nSPS) is 12.5. The quantitative estimate of drug-likeness (QED) is 0.220. The molecule has 1 unspecified atom stereocenters. The van der Waals surface area contributed by atoms with Gasteiger partial charge in [-0.1, -0.05) is 13.8 Å². The minimum absolute atomic E-state index is 0.172. The number of amides is 2. The van der Waals surface area contributed by atoms with Gasteiger partial charge in [0.25, 0.3) is 11.6 Å². The van der Waals surface area contributed by atoms with Gasteiger partial charge in [0.2, 0.25) is 0 Å². The number of allylic oxidation sites excluding steroid dienone is 2. The number of hydrogen-bond donors (Lipinski definition) is 2. The van der Waals surface area contributed by atoms with Crippen LogP contribution in [0.15, 0.2) is 45.9 Å². The highest BCUT2D eigenvalue weighted by molar-refractivity contribution is 5.96. The van der Waals surface area contributed by atoms with Crippen molar-refractivity contribution < 1.29 is 24.0 Å². The van der Waals surface area contributed by atoms with Gasteiger partial charge in [-0.25, -0.2) is 4.79 Å². The Hall–Kier alpha value is -3.69. The lowest BCUT2D eigenvalue weighted by molar-refractivity contribution is -0.386. The molecule has 0 fully saturated rings. The van der Waals surface area contributed by atoms with Gasteiger partial charge in [-0.2, -0.15) is 0 Å². The van der Waals surface area contributed by atoms with Crippen LogP contribution in [0.3, 0.4) is 0 Å². The Balaban J connectivity index is 3.08. The minimum atomic E-state index is -0.957. The van der Waals surface area contributed by atoms with Gasteiger partial charge in [-0.3, -0.25) is 25.2 Å². The van der Waals surface area contributed by atoms with Gasteiger partial charge in [-0.05, 0) is 63.8 Å². The number of nitrogens with one attached hydrogen (secondary N) is 2. The van der Waals surface area contributed by atoms with E-state index in [9.17, 15) is 19.7 Å². The molecule has 0 bridgehead atoms. The van der Waals surface area contributed by atoms with Crippen LogP contribution >= 0.6 is 0 Å². The van der Waals surface area contributed by atoms with Gasteiger partial charge >= 0.3 is 6.09 Å². The summed E-state index contributed by atoms with van der Waals surface area (Å²) in [5.41, 5.74) is 1.64. The number of nitro benzene ring substituents is 1. The highest BCUT2D eigenvalue weighted by Gasteiger charge is 2.24. The van der Waals surface area contributed by atoms with Gasteiger partial charge in [0, 0.05) is 12.3 Å². The Bertz CT molecular complexity index is 977. The highest BCUT2D eigenvalue weighted by atomic mass is 16.6. The van der Waals surface area contributed by atoms with Crippen LogP contribution in [-0.4, -0.2) is 30.2 Å². The molecule has 10 nitrogen and oxygen atoms in total. The molecule has 2 amide bonds. The summed E-state index contributed by atoms with van der Waals surface area (Å²) in [5.74, 6) is 0.0904.